The zero-order valence-corrected chi connectivity index (χ0v) is 10.5. The summed E-state index contributed by atoms with van der Waals surface area (Å²) >= 11 is 0. The molecule has 3 heteroatoms. The van der Waals surface area contributed by atoms with Gasteiger partial charge in [-0.1, -0.05) is 19.6 Å². The van der Waals surface area contributed by atoms with E-state index in [4.69, 9.17) is 0 Å². The molecule has 3 nitrogen and oxygen atoms in total. The second-order valence-electron chi connectivity index (χ2n) is 4.21. The van der Waals surface area contributed by atoms with E-state index in [9.17, 15) is 0 Å². The first-order valence-electron chi connectivity index (χ1n) is 6.04. The molecule has 0 aromatic rings. The second kappa shape index (κ2) is 7.36. The molecule has 90 valence electrons. The van der Waals surface area contributed by atoms with E-state index in [-0.39, 0.29) is 0 Å². The fraction of sp³-hybridized carbons (Fsp3) is 0.615. The Morgan fingerprint density at radius 1 is 1.44 bits per heavy atom. The highest BCUT2D eigenvalue weighted by Crippen LogP contribution is 2.02. The van der Waals surface area contributed by atoms with Crippen LogP contribution in [0.1, 0.15) is 20.3 Å². The molecule has 0 spiro atoms. The fourth-order valence-corrected chi connectivity index (χ4v) is 1.74. The molecule has 1 N–H and O–H groups in total. The minimum absolute atomic E-state index is 0.863. The molecule has 0 aliphatic carbocycles. The van der Waals surface area contributed by atoms with E-state index in [2.05, 4.69) is 34.8 Å². The largest absolute Gasteiger partial charge is 0.314 e. The maximum atomic E-state index is 4.28. The highest BCUT2D eigenvalue weighted by Gasteiger charge is 2.09. The van der Waals surface area contributed by atoms with E-state index in [1.165, 1.54) is 5.57 Å². The Balaban J connectivity index is 2.50. The zero-order chi connectivity index (χ0) is 11.8. The van der Waals surface area contributed by atoms with Gasteiger partial charge in [-0.15, -0.1) is 0 Å². The molecule has 1 aliphatic rings. The third-order valence-corrected chi connectivity index (χ3v) is 2.53. The molecule has 1 fully saturated rings. The van der Waals surface area contributed by atoms with E-state index in [1.54, 1.807) is 0 Å². The summed E-state index contributed by atoms with van der Waals surface area (Å²) < 4.78 is 0. The van der Waals surface area contributed by atoms with Gasteiger partial charge in [0.1, 0.15) is 0 Å². The van der Waals surface area contributed by atoms with Crippen LogP contribution in [0.2, 0.25) is 0 Å². The average Bonchev–Trinajstić information content (AvgIpc) is 2.27. The Morgan fingerprint density at radius 3 is 2.69 bits per heavy atom. The summed E-state index contributed by atoms with van der Waals surface area (Å²) in [5.74, 6) is 0. The number of hydrogen-bond donors (Lipinski definition) is 1. The van der Waals surface area contributed by atoms with Crippen LogP contribution in [0.4, 0.5) is 0 Å². The third-order valence-electron chi connectivity index (χ3n) is 2.53. The van der Waals surface area contributed by atoms with Crippen molar-refractivity contribution in [3.05, 3.63) is 23.9 Å². The maximum Gasteiger partial charge on any atom is 0.0312 e. The standard InChI is InChI=1S/C13H23N3/c1-4-5-13(10-15-12(2)3)11-16-8-6-14-7-9-16/h5,10,14H,2,4,6-9,11H2,1,3H3/b13-5+,15-10?. The molecule has 0 aromatic heterocycles. The van der Waals surface area contributed by atoms with Gasteiger partial charge in [-0.2, -0.15) is 0 Å². The van der Waals surface area contributed by atoms with Crippen molar-refractivity contribution in [3.63, 3.8) is 0 Å². The SMILES string of the molecule is C=C(C)N=C/C(=C\CC)CN1CCNCC1. The molecule has 0 unspecified atom stereocenters. The molecule has 0 saturated carbocycles. The van der Waals surface area contributed by atoms with E-state index in [1.807, 2.05) is 13.1 Å². The van der Waals surface area contributed by atoms with Crippen LogP contribution in [0, 0.1) is 0 Å². The summed E-state index contributed by atoms with van der Waals surface area (Å²) in [5, 5.41) is 3.36. The van der Waals surface area contributed by atoms with Gasteiger partial charge in [-0.3, -0.25) is 9.89 Å². The summed E-state index contributed by atoms with van der Waals surface area (Å²) in [6, 6.07) is 0. The monoisotopic (exact) mass is 221 g/mol. The van der Waals surface area contributed by atoms with Gasteiger partial charge in [0.05, 0.1) is 0 Å². The number of nitrogens with one attached hydrogen (secondary N) is 1. The summed E-state index contributed by atoms with van der Waals surface area (Å²) in [7, 11) is 0. The van der Waals surface area contributed by atoms with Gasteiger partial charge in [-0.05, 0) is 18.9 Å². The summed E-state index contributed by atoms with van der Waals surface area (Å²) in [5.41, 5.74) is 2.16. The van der Waals surface area contributed by atoms with E-state index < -0.39 is 0 Å². The van der Waals surface area contributed by atoms with Crippen LogP contribution in [0.25, 0.3) is 0 Å². The molecule has 1 rings (SSSR count). The highest BCUT2D eigenvalue weighted by molar-refractivity contribution is 5.79. The molecule has 1 aliphatic heterocycles. The van der Waals surface area contributed by atoms with Gasteiger partial charge in [-0.25, -0.2) is 0 Å². The van der Waals surface area contributed by atoms with Crippen LogP contribution in [0.3, 0.4) is 0 Å². The number of rotatable bonds is 5. The Labute approximate surface area is 98.9 Å². The van der Waals surface area contributed by atoms with Crippen LogP contribution in [0.5, 0.6) is 0 Å². The van der Waals surface area contributed by atoms with Crippen molar-refractivity contribution >= 4 is 6.21 Å². The first kappa shape index (κ1) is 13.1. The van der Waals surface area contributed by atoms with Gasteiger partial charge in [0.2, 0.25) is 0 Å². The van der Waals surface area contributed by atoms with Crippen LogP contribution in [0.15, 0.2) is 28.9 Å². The van der Waals surface area contributed by atoms with Gasteiger partial charge in [0, 0.05) is 44.6 Å². The smallest absolute Gasteiger partial charge is 0.0312 e. The lowest BCUT2D eigenvalue weighted by Crippen LogP contribution is -2.44. The van der Waals surface area contributed by atoms with Gasteiger partial charge in [0.25, 0.3) is 0 Å². The molecule has 0 bridgehead atoms. The topological polar surface area (TPSA) is 27.6 Å². The normalized spacial score (nSPS) is 19.2. The zero-order valence-electron chi connectivity index (χ0n) is 10.5. The average molecular weight is 221 g/mol. The minimum atomic E-state index is 0.863. The second-order valence-corrected chi connectivity index (χ2v) is 4.21. The van der Waals surface area contributed by atoms with Crippen molar-refractivity contribution in [1.29, 1.82) is 0 Å². The third kappa shape index (κ3) is 5.24. The Morgan fingerprint density at radius 2 is 2.12 bits per heavy atom. The lowest BCUT2D eigenvalue weighted by Gasteiger charge is -2.27. The Hall–Kier alpha value is -0.930. The van der Waals surface area contributed by atoms with E-state index in [0.29, 0.717) is 0 Å². The maximum absolute atomic E-state index is 4.28. The molecule has 1 saturated heterocycles. The molecule has 1 heterocycles. The van der Waals surface area contributed by atoms with Gasteiger partial charge >= 0.3 is 0 Å². The minimum Gasteiger partial charge on any atom is -0.314 e. The van der Waals surface area contributed by atoms with Crippen LogP contribution in [-0.2, 0) is 0 Å². The molecular weight excluding hydrogens is 198 g/mol. The van der Waals surface area contributed by atoms with Crippen LogP contribution in [-0.4, -0.2) is 43.8 Å². The molecule has 16 heavy (non-hydrogen) atoms. The predicted molar refractivity (Wildman–Crippen MR) is 71.0 cm³/mol. The first-order valence-corrected chi connectivity index (χ1v) is 6.04. The number of nitrogens with zero attached hydrogens (tertiary/aromatic N) is 2. The Kier molecular flexibility index (Phi) is 6.04. The van der Waals surface area contributed by atoms with Crippen molar-refractivity contribution in [2.75, 3.05) is 32.7 Å². The Bertz CT molecular complexity index is 273. The lowest BCUT2D eigenvalue weighted by molar-refractivity contribution is 0.262. The summed E-state index contributed by atoms with van der Waals surface area (Å²) in [6.07, 6.45) is 5.26. The lowest BCUT2D eigenvalue weighted by atomic mass is 10.2. The molecule has 0 atom stereocenters. The van der Waals surface area contributed by atoms with Crippen LogP contribution < -0.4 is 5.32 Å². The van der Waals surface area contributed by atoms with Crippen molar-refractivity contribution in [1.82, 2.24) is 10.2 Å². The van der Waals surface area contributed by atoms with Crippen molar-refractivity contribution < 1.29 is 0 Å². The molecular formula is C13H23N3. The number of hydrogen-bond acceptors (Lipinski definition) is 3. The molecule has 0 aromatic carbocycles. The van der Waals surface area contributed by atoms with E-state index in [0.717, 1.165) is 44.8 Å². The fourth-order valence-electron chi connectivity index (χ4n) is 1.74. The highest BCUT2D eigenvalue weighted by atomic mass is 15.2. The van der Waals surface area contributed by atoms with Crippen molar-refractivity contribution in [3.8, 4) is 0 Å². The van der Waals surface area contributed by atoms with Crippen molar-refractivity contribution in [2.24, 2.45) is 4.99 Å². The summed E-state index contributed by atoms with van der Waals surface area (Å²) in [4.78, 5) is 6.74. The van der Waals surface area contributed by atoms with Gasteiger partial charge in [0.15, 0.2) is 0 Å². The van der Waals surface area contributed by atoms with E-state index >= 15 is 0 Å². The van der Waals surface area contributed by atoms with Crippen LogP contribution >= 0.6 is 0 Å². The van der Waals surface area contributed by atoms with Crippen molar-refractivity contribution in [2.45, 2.75) is 20.3 Å². The quantitative estimate of drug-likeness (QED) is 0.717. The number of aliphatic imine (C=N–C) groups is 1. The predicted octanol–water partition coefficient (Wildman–Crippen LogP) is 1.83. The van der Waals surface area contributed by atoms with Gasteiger partial charge < -0.3 is 5.32 Å². The number of allylic oxidation sites excluding steroid dienone is 2. The molecule has 0 amide bonds. The number of piperazine rings is 1. The summed E-state index contributed by atoms with van der Waals surface area (Å²) in [6.45, 7) is 13.3. The first-order chi connectivity index (χ1) is 7.72. The molecule has 0 radical (unpaired) electrons.